The lowest BCUT2D eigenvalue weighted by Crippen LogP contribution is -2.39. The molecule has 0 aromatic carbocycles. The van der Waals surface area contributed by atoms with Gasteiger partial charge in [-0.25, -0.2) is 0 Å². The van der Waals surface area contributed by atoms with E-state index in [9.17, 15) is 14.7 Å². The zero-order valence-corrected chi connectivity index (χ0v) is 20.5. The number of likely N-dealkylation sites (tertiary alicyclic amines) is 1. The van der Waals surface area contributed by atoms with E-state index in [1.165, 1.54) is 26.5 Å². The first-order valence-corrected chi connectivity index (χ1v) is 12.8. The number of hydrogen-bond acceptors (Lipinski definition) is 6. The van der Waals surface area contributed by atoms with Crippen LogP contribution in [0.5, 0.6) is 0 Å². The number of nitrogens with two attached hydrogens (primary N) is 1. The highest BCUT2D eigenvalue weighted by molar-refractivity contribution is 7.14. The Labute approximate surface area is 198 Å². The van der Waals surface area contributed by atoms with Gasteiger partial charge in [-0.2, -0.15) is 0 Å². The molecule has 32 heavy (non-hydrogen) atoms. The lowest BCUT2D eigenvalue weighted by atomic mass is 9.98. The molecule has 8 heteroatoms. The highest BCUT2D eigenvalue weighted by Gasteiger charge is 2.24. The number of carbonyl (C=O) groups is 2. The van der Waals surface area contributed by atoms with Gasteiger partial charge in [0.15, 0.2) is 0 Å². The van der Waals surface area contributed by atoms with Crippen LogP contribution in [-0.4, -0.2) is 53.2 Å². The third-order valence-electron chi connectivity index (χ3n) is 5.46. The van der Waals surface area contributed by atoms with Crippen molar-refractivity contribution in [3.8, 4) is 0 Å². The molecular formula is C24H34N2O4S2. The fourth-order valence-corrected chi connectivity index (χ4v) is 5.70. The van der Waals surface area contributed by atoms with E-state index < -0.39 is 11.9 Å². The molecule has 3 heterocycles. The second-order valence-corrected chi connectivity index (χ2v) is 9.87. The van der Waals surface area contributed by atoms with Crippen LogP contribution in [0.3, 0.4) is 0 Å². The molecule has 0 saturated carbocycles. The first-order chi connectivity index (χ1) is 15.3. The number of nitrogens with zero attached hydrogens (tertiary/aromatic N) is 1. The standard InChI is InChI=1S/C20H25NO2S2.C4H9NO2/c1-14-7-11-24-18(14)17(19-15(2)8-12-25-19)6-4-10-21-9-3-5-16(13-21)20(22)23;5-3-1-2-4(6)7/h6-8,11-12,16H,3-5,9-10,13H2,1-2H3,(H,22,23);1-3,5H2,(H,6,7)/t16-;/m1./s1. The SMILES string of the molecule is Cc1ccsc1C(=CCCN1CCC[C@@H](C(=O)O)C1)c1sccc1C.NCCCC(=O)O. The number of rotatable bonds is 9. The van der Waals surface area contributed by atoms with E-state index in [1.54, 1.807) is 22.7 Å². The van der Waals surface area contributed by atoms with Crippen molar-refractivity contribution in [1.29, 1.82) is 0 Å². The third kappa shape index (κ3) is 8.16. The van der Waals surface area contributed by atoms with Crippen molar-refractivity contribution in [2.45, 2.75) is 46.0 Å². The summed E-state index contributed by atoms with van der Waals surface area (Å²) in [6.07, 6.45) is 5.88. The molecule has 1 aliphatic rings. The van der Waals surface area contributed by atoms with Gasteiger partial charge in [0, 0.05) is 34.8 Å². The minimum absolute atomic E-state index is 0.191. The largest absolute Gasteiger partial charge is 0.481 e. The molecule has 0 aliphatic carbocycles. The predicted octanol–water partition coefficient (Wildman–Crippen LogP) is 4.85. The van der Waals surface area contributed by atoms with Crippen molar-refractivity contribution >= 4 is 40.2 Å². The van der Waals surface area contributed by atoms with Gasteiger partial charge < -0.3 is 20.8 Å². The number of aryl methyl sites for hydroxylation is 2. The van der Waals surface area contributed by atoms with E-state index in [0.717, 1.165) is 32.4 Å². The smallest absolute Gasteiger partial charge is 0.307 e. The molecule has 0 radical (unpaired) electrons. The van der Waals surface area contributed by atoms with Crippen molar-refractivity contribution < 1.29 is 19.8 Å². The predicted molar refractivity (Wildman–Crippen MR) is 133 cm³/mol. The fraction of sp³-hybridized carbons (Fsp3) is 0.500. The monoisotopic (exact) mass is 478 g/mol. The van der Waals surface area contributed by atoms with Crippen molar-refractivity contribution in [3.63, 3.8) is 0 Å². The number of carboxylic acids is 2. The van der Waals surface area contributed by atoms with Gasteiger partial charge in [-0.3, -0.25) is 9.59 Å². The first-order valence-electron chi connectivity index (χ1n) is 11.0. The fourth-order valence-electron chi connectivity index (χ4n) is 3.69. The minimum atomic E-state index is -0.773. The van der Waals surface area contributed by atoms with E-state index >= 15 is 0 Å². The Morgan fingerprint density at radius 2 is 1.78 bits per heavy atom. The lowest BCUT2D eigenvalue weighted by Gasteiger charge is -2.30. The van der Waals surface area contributed by atoms with Gasteiger partial charge in [-0.15, -0.1) is 22.7 Å². The highest BCUT2D eigenvalue weighted by atomic mass is 32.1. The second-order valence-electron chi connectivity index (χ2n) is 8.04. The third-order valence-corrected chi connectivity index (χ3v) is 7.56. The van der Waals surface area contributed by atoms with Crippen molar-refractivity contribution in [3.05, 3.63) is 49.9 Å². The van der Waals surface area contributed by atoms with Crippen LogP contribution in [0.15, 0.2) is 29.0 Å². The summed E-state index contributed by atoms with van der Waals surface area (Å²) < 4.78 is 0. The molecule has 2 aromatic heterocycles. The van der Waals surface area contributed by atoms with Crippen LogP contribution in [0.2, 0.25) is 0 Å². The summed E-state index contributed by atoms with van der Waals surface area (Å²) in [6, 6.07) is 4.36. The molecule has 3 rings (SSSR count). The number of thiophene rings is 2. The Hall–Kier alpha value is -2.00. The topological polar surface area (TPSA) is 104 Å². The Morgan fingerprint density at radius 3 is 2.22 bits per heavy atom. The summed E-state index contributed by atoms with van der Waals surface area (Å²) in [7, 11) is 0. The Balaban J connectivity index is 0.000000451. The summed E-state index contributed by atoms with van der Waals surface area (Å²) in [5, 5.41) is 21.5. The van der Waals surface area contributed by atoms with Gasteiger partial charge in [0.1, 0.15) is 0 Å². The maximum absolute atomic E-state index is 11.2. The molecule has 0 spiro atoms. The van der Waals surface area contributed by atoms with Crippen LogP contribution in [0.1, 0.15) is 53.0 Å². The normalized spacial score (nSPS) is 16.2. The van der Waals surface area contributed by atoms with Gasteiger partial charge in [-0.05, 0) is 86.6 Å². The number of piperidine rings is 1. The van der Waals surface area contributed by atoms with Gasteiger partial charge in [0.2, 0.25) is 0 Å². The molecule has 1 fully saturated rings. The first kappa shape index (κ1) is 26.3. The molecule has 0 unspecified atom stereocenters. The Morgan fingerprint density at radius 1 is 1.16 bits per heavy atom. The Kier molecular flexibility index (Phi) is 11.1. The average molecular weight is 479 g/mol. The molecule has 176 valence electrons. The number of carboxylic acid groups (broad SMARTS) is 2. The molecule has 0 bridgehead atoms. The zero-order chi connectivity index (χ0) is 23.5. The number of aliphatic carboxylic acids is 2. The summed E-state index contributed by atoms with van der Waals surface area (Å²) in [4.78, 5) is 25.9. The van der Waals surface area contributed by atoms with Crippen LogP contribution in [0.4, 0.5) is 0 Å². The van der Waals surface area contributed by atoms with Crippen LogP contribution < -0.4 is 5.73 Å². The second kappa shape index (κ2) is 13.5. The molecule has 4 N–H and O–H groups in total. The summed E-state index contributed by atoms with van der Waals surface area (Å²) in [5.74, 6) is -1.62. The van der Waals surface area contributed by atoms with Gasteiger partial charge in [-0.1, -0.05) is 6.08 Å². The molecule has 1 saturated heterocycles. The molecular weight excluding hydrogens is 444 g/mol. The highest BCUT2D eigenvalue weighted by Crippen LogP contribution is 2.35. The van der Waals surface area contributed by atoms with E-state index in [4.69, 9.17) is 10.8 Å². The molecule has 1 atom stereocenters. The van der Waals surface area contributed by atoms with Gasteiger partial charge in [0.25, 0.3) is 0 Å². The molecule has 0 amide bonds. The summed E-state index contributed by atoms with van der Waals surface area (Å²) >= 11 is 3.60. The molecule has 2 aromatic rings. The quantitative estimate of drug-likeness (QED) is 0.476. The van der Waals surface area contributed by atoms with Crippen LogP contribution in [0, 0.1) is 19.8 Å². The average Bonchev–Trinajstić information content (AvgIpc) is 3.38. The lowest BCUT2D eigenvalue weighted by molar-refractivity contribution is -0.143. The van der Waals surface area contributed by atoms with Crippen LogP contribution >= 0.6 is 22.7 Å². The Bertz CT molecular complexity index is 861. The van der Waals surface area contributed by atoms with E-state index in [-0.39, 0.29) is 12.3 Å². The molecule has 6 nitrogen and oxygen atoms in total. The van der Waals surface area contributed by atoms with E-state index in [0.29, 0.717) is 19.5 Å². The maximum atomic E-state index is 11.2. The van der Waals surface area contributed by atoms with Gasteiger partial charge in [0.05, 0.1) is 5.92 Å². The number of hydrogen-bond donors (Lipinski definition) is 3. The minimum Gasteiger partial charge on any atom is -0.481 e. The summed E-state index contributed by atoms with van der Waals surface area (Å²) in [5.41, 5.74) is 9.01. The van der Waals surface area contributed by atoms with E-state index in [2.05, 4.69) is 47.7 Å². The van der Waals surface area contributed by atoms with Crippen molar-refractivity contribution in [1.82, 2.24) is 4.90 Å². The van der Waals surface area contributed by atoms with Crippen molar-refractivity contribution in [2.24, 2.45) is 11.7 Å². The van der Waals surface area contributed by atoms with Crippen LogP contribution in [-0.2, 0) is 9.59 Å². The van der Waals surface area contributed by atoms with E-state index in [1.807, 2.05) is 0 Å². The maximum Gasteiger partial charge on any atom is 0.307 e. The summed E-state index contributed by atoms with van der Waals surface area (Å²) in [6.45, 7) is 7.45. The molecule has 1 aliphatic heterocycles. The van der Waals surface area contributed by atoms with Gasteiger partial charge >= 0.3 is 11.9 Å². The zero-order valence-electron chi connectivity index (χ0n) is 18.9. The van der Waals surface area contributed by atoms with Crippen LogP contribution in [0.25, 0.3) is 5.57 Å². The van der Waals surface area contributed by atoms with Crippen molar-refractivity contribution in [2.75, 3.05) is 26.2 Å².